The van der Waals surface area contributed by atoms with Gasteiger partial charge in [0.05, 0.1) is 18.8 Å². The summed E-state index contributed by atoms with van der Waals surface area (Å²) in [6.07, 6.45) is -0.0152. The molecule has 110 valence electrons. The molecule has 0 aliphatic carbocycles. The zero-order chi connectivity index (χ0) is 14.1. The molecule has 4 nitrogen and oxygen atoms in total. The van der Waals surface area contributed by atoms with Gasteiger partial charge in [-0.15, -0.1) is 0 Å². The highest BCUT2D eigenvalue weighted by Gasteiger charge is 2.48. The predicted molar refractivity (Wildman–Crippen MR) is 69.6 cm³/mol. The quantitative estimate of drug-likeness (QED) is 0.849. The fraction of sp³-hybridized carbons (Fsp3) is 0.600. The second-order valence-corrected chi connectivity index (χ2v) is 5.26. The van der Waals surface area contributed by atoms with Crippen LogP contribution in [0.25, 0.3) is 0 Å². The monoisotopic (exact) mass is 282 g/mol. The lowest BCUT2D eigenvalue weighted by atomic mass is 10.0. The molecular weight excluding hydrogens is 263 g/mol. The molecule has 0 N–H and O–H groups in total. The molecule has 2 aliphatic heterocycles. The molecule has 2 aliphatic rings. The van der Waals surface area contributed by atoms with Gasteiger partial charge in [-0.25, -0.2) is 4.39 Å². The van der Waals surface area contributed by atoms with Gasteiger partial charge in [0.15, 0.2) is 6.29 Å². The van der Waals surface area contributed by atoms with Gasteiger partial charge >= 0.3 is 0 Å². The minimum Gasteiger partial charge on any atom is -0.379 e. The summed E-state index contributed by atoms with van der Waals surface area (Å²) >= 11 is 0. The van der Waals surface area contributed by atoms with Crippen molar-refractivity contribution in [3.63, 3.8) is 0 Å². The lowest BCUT2D eigenvalue weighted by molar-refractivity contribution is -0.206. The number of rotatable bonds is 4. The Bertz CT molecular complexity index is 467. The van der Waals surface area contributed by atoms with E-state index in [9.17, 15) is 4.39 Å². The van der Waals surface area contributed by atoms with Gasteiger partial charge in [-0.1, -0.05) is 18.2 Å². The normalized spacial score (nSPS) is 36.2. The summed E-state index contributed by atoms with van der Waals surface area (Å²) in [5, 5.41) is 0. The Hall–Kier alpha value is -1.01. The van der Waals surface area contributed by atoms with E-state index < -0.39 is 0 Å². The van der Waals surface area contributed by atoms with Crippen LogP contribution in [0.1, 0.15) is 18.9 Å². The van der Waals surface area contributed by atoms with E-state index in [0.29, 0.717) is 12.0 Å². The zero-order valence-electron chi connectivity index (χ0n) is 11.6. The molecule has 1 aromatic carbocycles. The summed E-state index contributed by atoms with van der Waals surface area (Å²) in [4.78, 5) is 0. The van der Waals surface area contributed by atoms with Crippen molar-refractivity contribution in [1.82, 2.24) is 0 Å². The maximum Gasteiger partial charge on any atom is 0.184 e. The smallest absolute Gasteiger partial charge is 0.184 e. The fourth-order valence-electron chi connectivity index (χ4n) is 2.82. The van der Waals surface area contributed by atoms with E-state index in [1.54, 1.807) is 25.3 Å². The molecule has 0 saturated carbocycles. The molecule has 0 radical (unpaired) electrons. The number of benzene rings is 1. The Morgan fingerprint density at radius 1 is 1.25 bits per heavy atom. The number of ether oxygens (including phenoxy) is 4. The Morgan fingerprint density at radius 2 is 2.05 bits per heavy atom. The highest BCUT2D eigenvalue weighted by atomic mass is 19.1. The molecular formula is C15H19FO4. The molecule has 20 heavy (non-hydrogen) atoms. The van der Waals surface area contributed by atoms with Crippen LogP contribution in [-0.2, 0) is 25.6 Å². The van der Waals surface area contributed by atoms with Crippen LogP contribution in [0.2, 0.25) is 0 Å². The number of hydrogen-bond donors (Lipinski definition) is 0. The second kappa shape index (κ2) is 5.77. The minimum atomic E-state index is -0.381. The molecule has 1 aromatic rings. The van der Waals surface area contributed by atoms with E-state index in [4.69, 9.17) is 18.9 Å². The van der Waals surface area contributed by atoms with Crippen molar-refractivity contribution in [1.29, 1.82) is 0 Å². The van der Waals surface area contributed by atoms with Crippen molar-refractivity contribution in [2.24, 2.45) is 0 Å². The third-order valence-corrected chi connectivity index (χ3v) is 3.95. The predicted octanol–water partition coefficient (Wildman–Crippen LogP) is 2.26. The zero-order valence-corrected chi connectivity index (χ0v) is 11.6. The van der Waals surface area contributed by atoms with Crippen molar-refractivity contribution in [2.45, 2.75) is 50.7 Å². The number of methoxy groups -OCH3 is 1. The van der Waals surface area contributed by atoms with Gasteiger partial charge in [-0.05, 0) is 13.0 Å². The highest BCUT2D eigenvalue weighted by Crippen LogP contribution is 2.35. The van der Waals surface area contributed by atoms with Crippen molar-refractivity contribution in [3.8, 4) is 0 Å². The van der Waals surface area contributed by atoms with Gasteiger partial charge in [-0.3, -0.25) is 0 Å². The van der Waals surface area contributed by atoms with Crippen molar-refractivity contribution >= 4 is 0 Å². The van der Waals surface area contributed by atoms with Gasteiger partial charge in [0.25, 0.3) is 0 Å². The first-order chi connectivity index (χ1) is 9.69. The van der Waals surface area contributed by atoms with E-state index in [2.05, 4.69) is 0 Å². The maximum atomic E-state index is 13.6. The summed E-state index contributed by atoms with van der Waals surface area (Å²) in [6.45, 7) is 2.17. The Morgan fingerprint density at radius 3 is 2.80 bits per heavy atom. The first-order valence-electron chi connectivity index (χ1n) is 6.87. The molecule has 5 unspecified atom stereocenters. The number of halogens is 1. The lowest BCUT2D eigenvalue weighted by Gasteiger charge is -2.33. The molecule has 2 heterocycles. The van der Waals surface area contributed by atoms with Gasteiger partial charge in [-0.2, -0.15) is 0 Å². The van der Waals surface area contributed by atoms with E-state index in [-0.39, 0.29) is 43.1 Å². The summed E-state index contributed by atoms with van der Waals surface area (Å²) in [5.74, 6) is -0.258. The average molecular weight is 282 g/mol. The number of hydrogen-bond acceptors (Lipinski definition) is 4. The maximum absolute atomic E-state index is 13.6. The number of fused-ring (bicyclic) bond motifs is 2. The van der Waals surface area contributed by atoms with Crippen LogP contribution in [0.3, 0.4) is 0 Å². The van der Waals surface area contributed by atoms with E-state index in [0.717, 1.165) is 0 Å². The molecule has 2 saturated heterocycles. The third-order valence-electron chi connectivity index (χ3n) is 3.95. The molecule has 0 aromatic heterocycles. The Kier molecular flexibility index (Phi) is 4.03. The van der Waals surface area contributed by atoms with Crippen molar-refractivity contribution in [2.75, 3.05) is 7.11 Å². The van der Waals surface area contributed by atoms with Crippen LogP contribution in [0, 0.1) is 5.82 Å². The van der Waals surface area contributed by atoms with Crippen molar-refractivity contribution < 1.29 is 23.3 Å². The molecule has 3 rings (SSSR count). The Balaban J connectivity index is 1.64. The Labute approximate surface area is 117 Å². The van der Waals surface area contributed by atoms with Crippen LogP contribution in [0.4, 0.5) is 4.39 Å². The van der Waals surface area contributed by atoms with Crippen LogP contribution >= 0.6 is 0 Å². The SMILES string of the molecule is COC1CC(OCc2ccccc2F)C2OC(C)C1O2. The largest absolute Gasteiger partial charge is 0.379 e. The summed E-state index contributed by atoms with van der Waals surface area (Å²) in [5.41, 5.74) is 0.537. The summed E-state index contributed by atoms with van der Waals surface area (Å²) in [7, 11) is 1.66. The minimum absolute atomic E-state index is 0.00740. The van der Waals surface area contributed by atoms with E-state index >= 15 is 0 Å². The van der Waals surface area contributed by atoms with Gasteiger partial charge in [0.1, 0.15) is 18.0 Å². The van der Waals surface area contributed by atoms with Gasteiger partial charge in [0.2, 0.25) is 0 Å². The molecule has 2 bridgehead atoms. The van der Waals surface area contributed by atoms with Crippen LogP contribution in [0.5, 0.6) is 0 Å². The van der Waals surface area contributed by atoms with Gasteiger partial charge in [0, 0.05) is 19.1 Å². The second-order valence-electron chi connectivity index (χ2n) is 5.26. The molecule has 0 spiro atoms. The standard InChI is InChI=1S/C15H19FO4/c1-9-14-12(17-2)7-13(15(19-9)20-14)18-8-10-5-3-4-6-11(10)16/h3-6,9,12-15H,7-8H2,1-2H3. The van der Waals surface area contributed by atoms with Crippen LogP contribution in [0.15, 0.2) is 24.3 Å². The first-order valence-corrected chi connectivity index (χ1v) is 6.87. The lowest BCUT2D eigenvalue weighted by Crippen LogP contribution is -2.44. The van der Waals surface area contributed by atoms with E-state index in [1.807, 2.05) is 6.92 Å². The van der Waals surface area contributed by atoms with Gasteiger partial charge < -0.3 is 18.9 Å². The average Bonchev–Trinajstić information content (AvgIpc) is 2.78. The van der Waals surface area contributed by atoms with E-state index in [1.165, 1.54) is 6.07 Å². The molecule has 0 amide bonds. The fourth-order valence-corrected chi connectivity index (χ4v) is 2.82. The topological polar surface area (TPSA) is 36.9 Å². The van der Waals surface area contributed by atoms with Crippen LogP contribution in [-0.4, -0.2) is 37.8 Å². The third kappa shape index (κ3) is 2.59. The van der Waals surface area contributed by atoms with Crippen molar-refractivity contribution in [3.05, 3.63) is 35.6 Å². The first kappa shape index (κ1) is 13.9. The summed E-state index contributed by atoms with van der Waals surface area (Å²) in [6, 6.07) is 6.60. The molecule has 5 atom stereocenters. The molecule has 5 heteroatoms. The highest BCUT2D eigenvalue weighted by molar-refractivity contribution is 5.16. The van der Waals surface area contributed by atoms with Crippen LogP contribution < -0.4 is 0 Å². The molecule has 2 fully saturated rings. The summed E-state index contributed by atoms with van der Waals surface area (Å²) < 4.78 is 36.3.